The minimum absolute atomic E-state index is 0.0308. The van der Waals surface area contributed by atoms with Crippen molar-refractivity contribution in [2.45, 2.75) is 44.4 Å². The fourth-order valence-corrected chi connectivity index (χ4v) is 4.34. The zero-order valence-corrected chi connectivity index (χ0v) is 12.5. The average Bonchev–Trinajstić information content (AvgIpc) is 2.92. The van der Waals surface area contributed by atoms with Crippen molar-refractivity contribution in [3.63, 3.8) is 0 Å². The molecule has 0 heterocycles. The maximum atomic E-state index is 12.2. The predicted octanol–water partition coefficient (Wildman–Crippen LogP) is 2.56. The van der Waals surface area contributed by atoms with Gasteiger partial charge in [0.05, 0.1) is 17.4 Å². The van der Waals surface area contributed by atoms with Gasteiger partial charge in [-0.2, -0.15) is 5.26 Å². The first-order valence-electron chi connectivity index (χ1n) is 7.00. The van der Waals surface area contributed by atoms with Crippen LogP contribution in [0.1, 0.15) is 43.7 Å². The highest BCUT2D eigenvalue weighted by atomic mass is 32.2. The van der Waals surface area contributed by atoms with E-state index in [1.807, 2.05) is 13.0 Å². The molecule has 0 aliphatic heterocycles. The van der Waals surface area contributed by atoms with E-state index in [4.69, 9.17) is 5.26 Å². The van der Waals surface area contributed by atoms with Crippen molar-refractivity contribution in [1.29, 1.82) is 5.26 Å². The van der Waals surface area contributed by atoms with E-state index in [0.717, 1.165) is 12.8 Å². The predicted molar refractivity (Wildman–Crippen MR) is 78.3 cm³/mol. The molecule has 1 fully saturated rings. The zero-order valence-electron chi connectivity index (χ0n) is 11.7. The lowest BCUT2D eigenvalue weighted by Gasteiger charge is -2.20. The first-order chi connectivity index (χ1) is 9.52. The van der Waals surface area contributed by atoms with Gasteiger partial charge >= 0.3 is 0 Å². The summed E-state index contributed by atoms with van der Waals surface area (Å²) in [6.07, 6.45) is 4.57. The average molecular weight is 292 g/mol. The van der Waals surface area contributed by atoms with Crippen LogP contribution < -0.4 is 4.72 Å². The van der Waals surface area contributed by atoms with Crippen LogP contribution in [0, 0.1) is 17.2 Å². The minimum atomic E-state index is -3.41. The lowest BCUT2D eigenvalue weighted by atomic mass is 10.0. The topological polar surface area (TPSA) is 70.0 Å². The first-order valence-corrected chi connectivity index (χ1v) is 8.65. The number of nitrogens with zero attached hydrogens (tertiary/aromatic N) is 1. The third-order valence-corrected chi connectivity index (χ3v) is 5.38. The molecule has 0 aromatic heterocycles. The summed E-state index contributed by atoms with van der Waals surface area (Å²) in [5, 5.41) is 9.00. The van der Waals surface area contributed by atoms with Crippen molar-refractivity contribution in [1.82, 2.24) is 4.72 Å². The van der Waals surface area contributed by atoms with Crippen LogP contribution in [-0.2, 0) is 15.8 Å². The van der Waals surface area contributed by atoms with Crippen molar-refractivity contribution in [3.05, 3.63) is 35.4 Å². The summed E-state index contributed by atoms with van der Waals surface area (Å²) < 4.78 is 27.2. The van der Waals surface area contributed by atoms with Gasteiger partial charge in [0.15, 0.2) is 0 Å². The molecule has 1 N–H and O–H groups in total. The van der Waals surface area contributed by atoms with Crippen LogP contribution in [0.15, 0.2) is 24.3 Å². The number of hydrogen-bond acceptors (Lipinski definition) is 3. The number of sulfonamides is 1. The van der Waals surface area contributed by atoms with E-state index in [0.29, 0.717) is 17.0 Å². The Hall–Kier alpha value is -1.38. The van der Waals surface area contributed by atoms with Gasteiger partial charge in [0, 0.05) is 6.04 Å². The van der Waals surface area contributed by atoms with E-state index in [1.165, 1.54) is 12.8 Å². The summed E-state index contributed by atoms with van der Waals surface area (Å²) in [5.74, 6) is 0.310. The molecule has 4 nitrogen and oxygen atoms in total. The monoisotopic (exact) mass is 292 g/mol. The van der Waals surface area contributed by atoms with Crippen molar-refractivity contribution in [2.24, 2.45) is 5.92 Å². The molecule has 0 radical (unpaired) electrons. The molecule has 1 aromatic rings. The molecule has 2 rings (SSSR count). The summed E-state index contributed by atoms with van der Waals surface area (Å²) in [5.41, 5.74) is 0.979. The first kappa shape index (κ1) is 15.0. The molecule has 1 aromatic carbocycles. The Kier molecular flexibility index (Phi) is 4.79. The molecule has 0 saturated heterocycles. The Morgan fingerprint density at radius 1 is 1.35 bits per heavy atom. The summed E-state index contributed by atoms with van der Waals surface area (Å²) in [4.78, 5) is 0. The highest BCUT2D eigenvalue weighted by Crippen LogP contribution is 2.28. The fraction of sp³-hybridized carbons (Fsp3) is 0.533. The maximum absolute atomic E-state index is 12.2. The normalized spacial score (nSPS) is 17.8. The maximum Gasteiger partial charge on any atom is 0.216 e. The van der Waals surface area contributed by atoms with Gasteiger partial charge in [-0.05, 0) is 37.3 Å². The Labute approximate surface area is 120 Å². The van der Waals surface area contributed by atoms with E-state index < -0.39 is 10.0 Å². The Morgan fingerprint density at radius 2 is 2.00 bits per heavy atom. The van der Waals surface area contributed by atoms with Crippen LogP contribution in [0.4, 0.5) is 0 Å². The SMILES string of the molecule is CC(NS(=O)(=O)Cc1ccccc1C#N)C1CCCC1. The van der Waals surface area contributed by atoms with Crippen LogP contribution in [0.25, 0.3) is 0 Å². The van der Waals surface area contributed by atoms with Crippen LogP contribution in [0.3, 0.4) is 0 Å². The van der Waals surface area contributed by atoms with Crippen LogP contribution >= 0.6 is 0 Å². The number of rotatable bonds is 5. The fourth-order valence-electron chi connectivity index (χ4n) is 2.84. The molecule has 1 aliphatic carbocycles. The molecule has 20 heavy (non-hydrogen) atoms. The molecule has 0 bridgehead atoms. The Balaban J connectivity index is 2.05. The molecule has 1 unspecified atom stereocenters. The van der Waals surface area contributed by atoms with E-state index in [2.05, 4.69) is 4.72 Å². The molecular weight excluding hydrogens is 272 g/mol. The largest absolute Gasteiger partial charge is 0.216 e. The minimum Gasteiger partial charge on any atom is -0.212 e. The Bertz CT molecular complexity index is 599. The highest BCUT2D eigenvalue weighted by molar-refractivity contribution is 7.88. The van der Waals surface area contributed by atoms with Crippen molar-refractivity contribution in [3.8, 4) is 6.07 Å². The van der Waals surface area contributed by atoms with Gasteiger partial charge in [0.1, 0.15) is 0 Å². The Morgan fingerprint density at radius 3 is 2.65 bits per heavy atom. The standard InChI is InChI=1S/C15H20N2O2S/c1-12(13-6-2-3-7-13)17-20(18,19)11-15-9-5-4-8-14(15)10-16/h4-5,8-9,12-13,17H,2-3,6-7,11H2,1H3. The molecule has 1 aliphatic rings. The number of nitrogens with one attached hydrogen (secondary N) is 1. The lowest BCUT2D eigenvalue weighted by molar-refractivity contribution is 0.424. The van der Waals surface area contributed by atoms with Crippen LogP contribution in [0.5, 0.6) is 0 Å². The third kappa shape index (κ3) is 3.81. The highest BCUT2D eigenvalue weighted by Gasteiger charge is 2.25. The molecule has 0 spiro atoms. The van der Waals surface area contributed by atoms with Crippen molar-refractivity contribution >= 4 is 10.0 Å². The second-order valence-corrected chi connectivity index (χ2v) is 7.23. The van der Waals surface area contributed by atoms with Crippen molar-refractivity contribution < 1.29 is 8.42 Å². The van der Waals surface area contributed by atoms with Gasteiger partial charge in [-0.25, -0.2) is 13.1 Å². The van der Waals surface area contributed by atoms with E-state index in [1.54, 1.807) is 24.3 Å². The van der Waals surface area contributed by atoms with Gasteiger partial charge in [0.25, 0.3) is 0 Å². The number of benzene rings is 1. The quantitative estimate of drug-likeness (QED) is 0.906. The molecule has 1 saturated carbocycles. The number of nitriles is 1. The summed E-state index contributed by atoms with van der Waals surface area (Å²) in [6.45, 7) is 1.93. The summed E-state index contributed by atoms with van der Waals surface area (Å²) >= 11 is 0. The zero-order chi connectivity index (χ0) is 14.6. The smallest absolute Gasteiger partial charge is 0.212 e. The summed E-state index contributed by atoms with van der Waals surface area (Å²) in [6, 6.07) is 8.84. The van der Waals surface area contributed by atoms with Gasteiger partial charge in [-0.3, -0.25) is 0 Å². The van der Waals surface area contributed by atoms with E-state index in [9.17, 15) is 8.42 Å². The van der Waals surface area contributed by atoms with Crippen LogP contribution in [0.2, 0.25) is 0 Å². The third-order valence-electron chi connectivity index (χ3n) is 3.96. The number of hydrogen-bond donors (Lipinski definition) is 1. The molecule has 1 atom stereocenters. The molecule has 0 amide bonds. The second-order valence-electron chi connectivity index (χ2n) is 5.48. The molecular formula is C15H20N2O2S. The van der Waals surface area contributed by atoms with Crippen LogP contribution in [-0.4, -0.2) is 14.5 Å². The van der Waals surface area contributed by atoms with Gasteiger partial charge in [-0.15, -0.1) is 0 Å². The van der Waals surface area contributed by atoms with Gasteiger partial charge < -0.3 is 0 Å². The van der Waals surface area contributed by atoms with Gasteiger partial charge in [0.2, 0.25) is 10.0 Å². The second kappa shape index (κ2) is 6.38. The van der Waals surface area contributed by atoms with E-state index in [-0.39, 0.29) is 11.8 Å². The van der Waals surface area contributed by atoms with E-state index >= 15 is 0 Å². The molecule has 108 valence electrons. The van der Waals surface area contributed by atoms with Crippen molar-refractivity contribution in [2.75, 3.05) is 0 Å². The summed E-state index contributed by atoms with van der Waals surface area (Å²) in [7, 11) is -3.41. The molecule has 5 heteroatoms. The van der Waals surface area contributed by atoms with Gasteiger partial charge in [-0.1, -0.05) is 31.0 Å². The lowest BCUT2D eigenvalue weighted by Crippen LogP contribution is -2.37.